The first-order valence-corrected chi connectivity index (χ1v) is 2.56. The van der Waals surface area contributed by atoms with Crippen molar-refractivity contribution in [3.8, 4) is 0 Å². The molecular weight excluding hydrogens is 120 g/mol. The maximum atomic E-state index is 10.2. The number of carbonyl (C=O) groups is 1. The molecule has 0 saturated carbocycles. The summed E-state index contributed by atoms with van der Waals surface area (Å²) in [5, 5.41) is 17.2. The number of carbonyl (C=O) groups excluding carboxylic acids is 1. The van der Waals surface area contributed by atoms with Crippen LogP contribution in [0.25, 0.3) is 0 Å². The first-order valence-electron chi connectivity index (χ1n) is 2.56. The molecule has 3 nitrogen and oxygen atoms in total. The molecule has 0 aromatic rings. The van der Waals surface area contributed by atoms with Crippen molar-refractivity contribution in [2.24, 2.45) is 0 Å². The number of hydrogen-bond donors (Lipinski definition) is 2. The van der Waals surface area contributed by atoms with Gasteiger partial charge in [0.15, 0.2) is 11.6 Å². The predicted molar refractivity (Wildman–Crippen MR) is 32.7 cm³/mol. The van der Waals surface area contributed by atoms with Gasteiger partial charge in [0, 0.05) is 0 Å². The van der Waals surface area contributed by atoms with Crippen LogP contribution in [0.2, 0.25) is 0 Å². The average molecular weight is 130 g/mol. The van der Waals surface area contributed by atoms with E-state index in [0.717, 1.165) is 12.2 Å². The minimum absolute atomic E-state index is 0.204. The fourth-order valence-electron chi connectivity index (χ4n) is 0.275. The molecule has 9 heavy (non-hydrogen) atoms. The predicted octanol–water partition coefficient (Wildman–Crippen LogP) is -0.168. The van der Waals surface area contributed by atoms with Crippen LogP contribution in [-0.2, 0) is 4.79 Å². The van der Waals surface area contributed by atoms with Crippen molar-refractivity contribution >= 4 is 5.78 Å². The maximum absolute atomic E-state index is 10.2. The lowest BCUT2D eigenvalue weighted by molar-refractivity contribution is -0.114. The summed E-state index contributed by atoms with van der Waals surface area (Å²) >= 11 is 0. The highest BCUT2D eigenvalue weighted by atomic mass is 16.5. The summed E-state index contributed by atoms with van der Waals surface area (Å²) in [4.78, 5) is 10.2. The van der Waals surface area contributed by atoms with Crippen molar-refractivity contribution in [1.29, 1.82) is 0 Å². The minimum atomic E-state index is -1.87. The third-order valence-corrected chi connectivity index (χ3v) is 0.634. The zero-order valence-corrected chi connectivity index (χ0v) is 5.46. The van der Waals surface area contributed by atoms with Gasteiger partial charge in [-0.2, -0.15) is 0 Å². The Morgan fingerprint density at radius 1 is 1.56 bits per heavy atom. The smallest absolute Gasteiger partial charge is 0.180 e. The van der Waals surface area contributed by atoms with Crippen LogP contribution in [0.5, 0.6) is 0 Å². The molecule has 52 valence electrons. The van der Waals surface area contributed by atoms with Crippen LogP contribution in [0.4, 0.5) is 0 Å². The van der Waals surface area contributed by atoms with Gasteiger partial charge < -0.3 is 10.2 Å². The lowest BCUT2D eigenvalue weighted by Gasteiger charge is -2.07. The van der Waals surface area contributed by atoms with E-state index < -0.39 is 5.79 Å². The number of aliphatic hydroxyl groups is 2. The molecule has 0 aliphatic heterocycles. The molecule has 2 N–H and O–H groups in total. The van der Waals surface area contributed by atoms with Gasteiger partial charge in [0.05, 0.1) is 0 Å². The maximum Gasteiger partial charge on any atom is 0.180 e. The van der Waals surface area contributed by atoms with E-state index in [-0.39, 0.29) is 5.78 Å². The fraction of sp³-hybridized carbons (Fsp3) is 0.500. The number of ketones is 1. The monoisotopic (exact) mass is 130 g/mol. The summed E-state index contributed by atoms with van der Waals surface area (Å²) in [5.41, 5.74) is 0. The highest BCUT2D eigenvalue weighted by Crippen LogP contribution is 1.97. The average Bonchev–Trinajstić information content (AvgIpc) is 1.59. The fourth-order valence-corrected chi connectivity index (χ4v) is 0.275. The quantitative estimate of drug-likeness (QED) is 0.403. The van der Waals surface area contributed by atoms with E-state index in [2.05, 4.69) is 0 Å². The zero-order chi connectivity index (χ0) is 7.49. The molecule has 0 saturated heterocycles. The lowest BCUT2D eigenvalue weighted by atomic mass is 10.2. The van der Waals surface area contributed by atoms with E-state index in [0.29, 0.717) is 0 Å². The van der Waals surface area contributed by atoms with Gasteiger partial charge in [-0.25, -0.2) is 0 Å². The Hall–Kier alpha value is -0.670. The van der Waals surface area contributed by atoms with Crippen molar-refractivity contribution in [2.45, 2.75) is 19.6 Å². The molecule has 0 aliphatic rings. The molecular formula is C6H10O3. The summed E-state index contributed by atoms with van der Waals surface area (Å²) < 4.78 is 0. The Balaban J connectivity index is 3.86. The molecule has 0 aromatic heterocycles. The Bertz CT molecular complexity index is 130. The van der Waals surface area contributed by atoms with Crippen LogP contribution in [0.3, 0.4) is 0 Å². The SMILES string of the molecule is CC(=O)/C=C\C(C)(O)O. The molecule has 0 aliphatic carbocycles. The number of rotatable bonds is 2. The van der Waals surface area contributed by atoms with Crippen molar-refractivity contribution in [1.82, 2.24) is 0 Å². The summed E-state index contributed by atoms with van der Waals surface area (Å²) in [6.07, 6.45) is 2.13. The molecule has 3 heteroatoms. The molecule has 0 fully saturated rings. The second-order valence-electron chi connectivity index (χ2n) is 2.04. The normalized spacial score (nSPS) is 12.4. The van der Waals surface area contributed by atoms with Crippen LogP contribution >= 0.6 is 0 Å². The highest BCUT2D eigenvalue weighted by molar-refractivity contribution is 5.87. The molecule has 0 rings (SSSR count). The third kappa shape index (κ3) is 7.33. The Kier molecular flexibility index (Phi) is 2.55. The highest BCUT2D eigenvalue weighted by Gasteiger charge is 2.07. The van der Waals surface area contributed by atoms with Crippen molar-refractivity contribution < 1.29 is 15.0 Å². The summed E-state index contributed by atoms with van der Waals surface area (Å²) in [6, 6.07) is 0. The van der Waals surface area contributed by atoms with E-state index in [1.54, 1.807) is 0 Å². The van der Waals surface area contributed by atoms with Gasteiger partial charge in [0.25, 0.3) is 0 Å². The number of allylic oxidation sites excluding steroid dienone is 1. The largest absolute Gasteiger partial charge is 0.363 e. The summed E-state index contributed by atoms with van der Waals surface area (Å²) in [6.45, 7) is 2.51. The standard InChI is InChI=1S/C6H10O3/c1-5(7)3-4-6(2,8)9/h3-4,8-9H,1-2H3/b4-3-. The second kappa shape index (κ2) is 2.75. The summed E-state index contributed by atoms with van der Waals surface area (Å²) in [7, 11) is 0. The first-order chi connectivity index (χ1) is 3.92. The van der Waals surface area contributed by atoms with E-state index in [9.17, 15) is 4.79 Å². The van der Waals surface area contributed by atoms with E-state index in [4.69, 9.17) is 10.2 Å². The van der Waals surface area contributed by atoms with E-state index in [1.807, 2.05) is 0 Å². The molecule has 0 bridgehead atoms. The summed E-state index contributed by atoms with van der Waals surface area (Å²) in [5.74, 6) is -2.07. The zero-order valence-electron chi connectivity index (χ0n) is 5.46. The van der Waals surface area contributed by atoms with E-state index >= 15 is 0 Å². The van der Waals surface area contributed by atoms with Gasteiger partial charge in [-0.1, -0.05) is 0 Å². The molecule has 0 radical (unpaired) electrons. The van der Waals surface area contributed by atoms with Crippen LogP contribution in [0.1, 0.15) is 13.8 Å². The Labute approximate surface area is 53.6 Å². The Morgan fingerprint density at radius 3 is 2.11 bits per heavy atom. The van der Waals surface area contributed by atoms with Gasteiger partial charge in [0.1, 0.15) is 0 Å². The molecule has 0 unspecified atom stereocenters. The van der Waals surface area contributed by atoms with Gasteiger partial charge in [-0.15, -0.1) is 0 Å². The lowest BCUT2D eigenvalue weighted by Crippen LogP contribution is -2.18. The minimum Gasteiger partial charge on any atom is -0.363 e. The van der Waals surface area contributed by atoms with Crippen molar-refractivity contribution in [3.05, 3.63) is 12.2 Å². The molecule has 0 heterocycles. The van der Waals surface area contributed by atoms with E-state index in [1.165, 1.54) is 13.8 Å². The topological polar surface area (TPSA) is 57.5 Å². The van der Waals surface area contributed by atoms with Crippen molar-refractivity contribution in [2.75, 3.05) is 0 Å². The number of hydrogen-bond acceptors (Lipinski definition) is 3. The van der Waals surface area contributed by atoms with Gasteiger partial charge in [0.2, 0.25) is 0 Å². The van der Waals surface area contributed by atoms with Crippen molar-refractivity contribution in [3.63, 3.8) is 0 Å². The Morgan fingerprint density at radius 2 is 2.00 bits per heavy atom. The molecule has 0 spiro atoms. The van der Waals surface area contributed by atoms with Crippen LogP contribution in [0.15, 0.2) is 12.2 Å². The third-order valence-electron chi connectivity index (χ3n) is 0.634. The van der Waals surface area contributed by atoms with Crippen LogP contribution in [0, 0.1) is 0 Å². The van der Waals surface area contributed by atoms with Crippen LogP contribution < -0.4 is 0 Å². The van der Waals surface area contributed by atoms with Gasteiger partial charge >= 0.3 is 0 Å². The van der Waals surface area contributed by atoms with Crippen LogP contribution in [-0.4, -0.2) is 21.8 Å². The first kappa shape index (κ1) is 8.33. The second-order valence-corrected chi connectivity index (χ2v) is 2.04. The molecule has 0 amide bonds. The molecule has 0 aromatic carbocycles. The molecule has 0 atom stereocenters. The van der Waals surface area contributed by atoms with Gasteiger partial charge in [-0.05, 0) is 26.0 Å². The van der Waals surface area contributed by atoms with Gasteiger partial charge in [-0.3, -0.25) is 4.79 Å².